The molecule has 23 heavy (non-hydrogen) atoms. The van der Waals surface area contributed by atoms with Crippen LogP contribution in [0, 0.1) is 0 Å². The Morgan fingerprint density at radius 1 is 1.35 bits per heavy atom. The molecule has 1 saturated heterocycles. The van der Waals surface area contributed by atoms with Gasteiger partial charge in [0.15, 0.2) is 0 Å². The number of carbonyl (C=O) groups excluding carboxylic acids is 2. The zero-order valence-corrected chi connectivity index (χ0v) is 15.5. The normalized spacial score (nSPS) is 17.7. The van der Waals surface area contributed by atoms with Crippen molar-refractivity contribution in [2.45, 2.75) is 25.6 Å². The van der Waals surface area contributed by atoms with Crippen LogP contribution in [0.25, 0.3) is 0 Å². The van der Waals surface area contributed by atoms with Crippen LogP contribution in [0.5, 0.6) is 0 Å². The third-order valence-electron chi connectivity index (χ3n) is 3.84. The van der Waals surface area contributed by atoms with Crippen LogP contribution in [0.3, 0.4) is 0 Å². The van der Waals surface area contributed by atoms with Crippen LogP contribution in [-0.2, 0) is 9.59 Å². The van der Waals surface area contributed by atoms with Crippen molar-refractivity contribution < 1.29 is 9.59 Å². The van der Waals surface area contributed by atoms with Crippen LogP contribution < -0.4 is 0 Å². The van der Waals surface area contributed by atoms with Crippen LogP contribution in [0.4, 0.5) is 0 Å². The van der Waals surface area contributed by atoms with Gasteiger partial charge in [-0.25, -0.2) is 0 Å². The summed E-state index contributed by atoms with van der Waals surface area (Å²) in [6.45, 7) is 5.52. The predicted octanol–water partition coefficient (Wildman–Crippen LogP) is 3.83. The van der Waals surface area contributed by atoms with Gasteiger partial charge in [0.25, 0.3) is 0 Å². The SMILES string of the molecule is CCC(=O)N(CC)CCN1C(=O)CS[C@H]1c1ccc(Cl)c(Cl)c1. The summed E-state index contributed by atoms with van der Waals surface area (Å²) in [4.78, 5) is 27.6. The molecule has 1 atom stereocenters. The number of amides is 2. The second-order valence-electron chi connectivity index (χ2n) is 5.25. The Labute approximate surface area is 151 Å². The van der Waals surface area contributed by atoms with E-state index >= 15 is 0 Å². The third kappa shape index (κ3) is 4.34. The molecule has 0 aliphatic carbocycles. The number of carbonyl (C=O) groups is 2. The van der Waals surface area contributed by atoms with Gasteiger partial charge in [-0.15, -0.1) is 11.8 Å². The van der Waals surface area contributed by atoms with Crippen LogP contribution in [-0.4, -0.2) is 47.0 Å². The van der Waals surface area contributed by atoms with Crippen molar-refractivity contribution in [3.63, 3.8) is 0 Å². The summed E-state index contributed by atoms with van der Waals surface area (Å²) in [6.07, 6.45) is 0.479. The minimum absolute atomic E-state index is 0.0762. The molecule has 1 aromatic carbocycles. The smallest absolute Gasteiger partial charge is 0.233 e. The lowest BCUT2D eigenvalue weighted by Gasteiger charge is -2.28. The van der Waals surface area contributed by atoms with Crippen molar-refractivity contribution in [3.05, 3.63) is 33.8 Å². The monoisotopic (exact) mass is 374 g/mol. The number of thioether (sulfide) groups is 1. The van der Waals surface area contributed by atoms with Gasteiger partial charge < -0.3 is 9.80 Å². The summed E-state index contributed by atoms with van der Waals surface area (Å²) < 4.78 is 0. The number of hydrogen-bond donors (Lipinski definition) is 0. The molecule has 1 heterocycles. The van der Waals surface area contributed by atoms with Gasteiger partial charge in [0, 0.05) is 26.1 Å². The van der Waals surface area contributed by atoms with Gasteiger partial charge in [-0.3, -0.25) is 9.59 Å². The Kier molecular flexibility index (Phi) is 6.62. The van der Waals surface area contributed by atoms with E-state index in [4.69, 9.17) is 23.2 Å². The summed E-state index contributed by atoms with van der Waals surface area (Å²) in [5.41, 5.74) is 0.958. The van der Waals surface area contributed by atoms with E-state index in [9.17, 15) is 9.59 Å². The molecule has 0 N–H and O–H groups in total. The fourth-order valence-electron chi connectivity index (χ4n) is 2.55. The third-order valence-corrected chi connectivity index (χ3v) is 5.84. The number of likely N-dealkylation sites (N-methyl/N-ethyl adjacent to an activating group) is 1. The average Bonchev–Trinajstić information content (AvgIpc) is 2.91. The number of hydrogen-bond acceptors (Lipinski definition) is 3. The average molecular weight is 375 g/mol. The van der Waals surface area contributed by atoms with E-state index in [1.807, 2.05) is 30.9 Å². The van der Waals surface area contributed by atoms with E-state index < -0.39 is 0 Å². The Hall–Kier alpha value is -0.910. The molecule has 126 valence electrons. The molecular formula is C16H20Cl2N2O2S. The minimum atomic E-state index is -0.0762. The molecule has 0 bridgehead atoms. The van der Waals surface area contributed by atoms with Gasteiger partial charge in [-0.2, -0.15) is 0 Å². The van der Waals surface area contributed by atoms with Gasteiger partial charge in [0.2, 0.25) is 11.8 Å². The van der Waals surface area contributed by atoms with Crippen molar-refractivity contribution in [2.24, 2.45) is 0 Å². The minimum Gasteiger partial charge on any atom is -0.341 e. The fourth-order valence-corrected chi connectivity index (χ4v) is 4.06. The lowest BCUT2D eigenvalue weighted by atomic mass is 10.2. The molecule has 1 fully saturated rings. The molecule has 2 rings (SSSR count). The van der Waals surface area contributed by atoms with Crippen molar-refractivity contribution >= 4 is 46.8 Å². The van der Waals surface area contributed by atoms with Crippen molar-refractivity contribution in [3.8, 4) is 0 Å². The van der Waals surface area contributed by atoms with Gasteiger partial charge in [-0.05, 0) is 24.6 Å². The van der Waals surface area contributed by atoms with Crippen LogP contribution in [0.15, 0.2) is 18.2 Å². The summed E-state index contributed by atoms with van der Waals surface area (Å²) in [5, 5.41) is 0.912. The summed E-state index contributed by atoms with van der Waals surface area (Å²) >= 11 is 13.6. The Balaban J connectivity index is 2.10. The van der Waals surface area contributed by atoms with E-state index in [0.717, 1.165) is 5.56 Å². The lowest BCUT2D eigenvalue weighted by Crippen LogP contribution is -2.39. The molecule has 0 spiro atoms. The largest absolute Gasteiger partial charge is 0.341 e. The van der Waals surface area contributed by atoms with Gasteiger partial charge >= 0.3 is 0 Å². The molecule has 7 heteroatoms. The van der Waals surface area contributed by atoms with E-state index in [1.165, 1.54) is 0 Å². The highest BCUT2D eigenvalue weighted by atomic mass is 35.5. The predicted molar refractivity (Wildman–Crippen MR) is 95.9 cm³/mol. The Bertz CT molecular complexity index is 597. The molecule has 4 nitrogen and oxygen atoms in total. The van der Waals surface area contributed by atoms with E-state index in [-0.39, 0.29) is 17.2 Å². The lowest BCUT2D eigenvalue weighted by molar-refractivity contribution is -0.133. The maximum atomic E-state index is 12.2. The molecule has 0 radical (unpaired) electrons. The first-order chi connectivity index (χ1) is 11.0. The summed E-state index contributed by atoms with van der Waals surface area (Å²) in [7, 11) is 0. The molecule has 1 aromatic rings. The molecule has 0 unspecified atom stereocenters. The number of benzene rings is 1. The van der Waals surface area contributed by atoms with E-state index in [1.54, 1.807) is 22.7 Å². The highest BCUT2D eigenvalue weighted by Gasteiger charge is 2.33. The van der Waals surface area contributed by atoms with E-state index in [2.05, 4.69) is 0 Å². The molecule has 0 saturated carbocycles. The zero-order chi connectivity index (χ0) is 17.0. The molecule has 1 aliphatic heterocycles. The second-order valence-corrected chi connectivity index (χ2v) is 7.13. The van der Waals surface area contributed by atoms with Crippen LogP contribution >= 0.6 is 35.0 Å². The quantitative estimate of drug-likeness (QED) is 0.759. The van der Waals surface area contributed by atoms with Gasteiger partial charge in [0.1, 0.15) is 5.37 Å². The molecule has 1 aliphatic rings. The second kappa shape index (κ2) is 8.27. The standard InChI is InChI=1S/C16H20Cl2N2O2S/c1-3-14(21)19(4-2)7-8-20-15(22)10-23-16(20)11-5-6-12(17)13(18)9-11/h5-6,9,16H,3-4,7-8,10H2,1-2H3/t16-/m0/s1. The maximum Gasteiger partial charge on any atom is 0.233 e. The molecule has 2 amide bonds. The Morgan fingerprint density at radius 2 is 2.09 bits per heavy atom. The van der Waals surface area contributed by atoms with Crippen LogP contribution in [0.1, 0.15) is 31.2 Å². The maximum absolute atomic E-state index is 12.2. The zero-order valence-electron chi connectivity index (χ0n) is 13.2. The van der Waals surface area contributed by atoms with Crippen molar-refractivity contribution in [1.29, 1.82) is 0 Å². The van der Waals surface area contributed by atoms with Crippen molar-refractivity contribution in [2.75, 3.05) is 25.4 Å². The van der Waals surface area contributed by atoms with Crippen molar-refractivity contribution in [1.82, 2.24) is 9.80 Å². The topological polar surface area (TPSA) is 40.6 Å². The summed E-state index contributed by atoms with van der Waals surface area (Å²) in [5.74, 6) is 0.641. The van der Waals surface area contributed by atoms with Gasteiger partial charge in [-0.1, -0.05) is 36.2 Å². The van der Waals surface area contributed by atoms with E-state index in [0.29, 0.717) is 41.9 Å². The molecule has 0 aromatic heterocycles. The Morgan fingerprint density at radius 3 is 2.70 bits per heavy atom. The fraction of sp³-hybridized carbons (Fsp3) is 0.500. The number of nitrogens with zero attached hydrogens (tertiary/aromatic N) is 2. The first-order valence-electron chi connectivity index (χ1n) is 7.61. The number of halogens is 2. The first kappa shape index (κ1) is 18.4. The highest BCUT2D eigenvalue weighted by molar-refractivity contribution is 8.00. The first-order valence-corrected chi connectivity index (χ1v) is 9.42. The highest BCUT2D eigenvalue weighted by Crippen LogP contribution is 2.40. The molecular weight excluding hydrogens is 355 g/mol. The van der Waals surface area contributed by atoms with Gasteiger partial charge in [0.05, 0.1) is 15.8 Å². The van der Waals surface area contributed by atoms with Crippen LogP contribution in [0.2, 0.25) is 10.0 Å². The number of rotatable bonds is 6. The summed E-state index contributed by atoms with van der Waals surface area (Å²) in [6, 6.07) is 5.45.